The number of nitrogens with zero attached hydrogens (tertiary/aromatic N) is 1. The number of hydrogen-bond acceptors (Lipinski definition) is 2. The van der Waals surface area contributed by atoms with E-state index in [2.05, 4.69) is 30.8 Å². The molecule has 3 heteroatoms. The van der Waals surface area contributed by atoms with Crippen LogP contribution in [0.25, 0.3) is 4.85 Å². The van der Waals surface area contributed by atoms with Gasteiger partial charge < -0.3 is 4.74 Å². The zero-order valence-corrected chi connectivity index (χ0v) is 18.3. The fourth-order valence-electron chi connectivity index (χ4n) is 4.52. The van der Waals surface area contributed by atoms with Gasteiger partial charge in [0.15, 0.2) is 0 Å². The van der Waals surface area contributed by atoms with E-state index >= 15 is 0 Å². The van der Waals surface area contributed by atoms with Crippen molar-refractivity contribution >= 4 is 11.7 Å². The predicted molar refractivity (Wildman–Crippen MR) is 122 cm³/mol. The number of rotatable bonds is 8. The normalized spacial score (nSPS) is 18.6. The van der Waals surface area contributed by atoms with Crippen LogP contribution in [0.2, 0.25) is 0 Å². The predicted octanol–water partition coefficient (Wildman–Crippen LogP) is 7.87. The first-order valence-electron chi connectivity index (χ1n) is 11.5. The number of ether oxygens (including phenoxy) is 1. The maximum atomic E-state index is 12.6. The third-order valence-corrected chi connectivity index (χ3v) is 6.33. The third-order valence-electron chi connectivity index (χ3n) is 6.33. The lowest BCUT2D eigenvalue weighted by molar-refractivity contribution is 0.0736. The maximum absolute atomic E-state index is 12.6. The van der Waals surface area contributed by atoms with Crippen LogP contribution >= 0.6 is 0 Å². The lowest BCUT2D eigenvalue weighted by Gasteiger charge is -2.28. The Labute approximate surface area is 181 Å². The fourth-order valence-corrected chi connectivity index (χ4v) is 4.52. The van der Waals surface area contributed by atoms with Gasteiger partial charge in [0, 0.05) is 0 Å². The second-order valence-corrected chi connectivity index (χ2v) is 8.54. The highest BCUT2D eigenvalue weighted by Crippen LogP contribution is 2.37. The van der Waals surface area contributed by atoms with Crippen LogP contribution < -0.4 is 4.74 Å². The van der Waals surface area contributed by atoms with Crippen LogP contribution in [-0.4, -0.2) is 5.97 Å². The summed E-state index contributed by atoms with van der Waals surface area (Å²) in [6.07, 6.45) is 10.9. The van der Waals surface area contributed by atoms with Crippen molar-refractivity contribution in [2.75, 3.05) is 0 Å². The summed E-state index contributed by atoms with van der Waals surface area (Å²) in [4.78, 5) is 16.2. The van der Waals surface area contributed by atoms with Crippen LogP contribution in [-0.2, 0) is 6.42 Å². The van der Waals surface area contributed by atoms with Crippen LogP contribution in [0.15, 0.2) is 42.5 Å². The van der Waals surface area contributed by atoms with E-state index in [4.69, 9.17) is 11.3 Å². The van der Waals surface area contributed by atoms with Gasteiger partial charge in [-0.1, -0.05) is 56.9 Å². The van der Waals surface area contributed by atoms with E-state index in [1.54, 1.807) is 6.07 Å². The highest BCUT2D eigenvalue weighted by Gasteiger charge is 2.22. The molecule has 0 atom stereocenters. The molecule has 0 unspecified atom stereocenters. The molecule has 0 N–H and O–H groups in total. The zero-order chi connectivity index (χ0) is 21.3. The van der Waals surface area contributed by atoms with E-state index in [0.29, 0.717) is 22.9 Å². The monoisotopic (exact) mass is 403 g/mol. The van der Waals surface area contributed by atoms with Crippen molar-refractivity contribution in [1.82, 2.24) is 0 Å². The molecule has 0 saturated heterocycles. The first kappa shape index (κ1) is 22.1. The molecule has 0 aliphatic heterocycles. The van der Waals surface area contributed by atoms with E-state index in [0.717, 1.165) is 30.7 Å². The highest BCUT2D eigenvalue weighted by atomic mass is 16.5. The minimum absolute atomic E-state index is 0.341. The van der Waals surface area contributed by atoms with Gasteiger partial charge in [0.1, 0.15) is 5.75 Å². The number of carbonyl (C=O) groups is 1. The molecule has 1 aliphatic rings. The first-order chi connectivity index (χ1) is 14.6. The van der Waals surface area contributed by atoms with Gasteiger partial charge >= 0.3 is 5.97 Å². The van der Waals surface area contributed by atoms with Crippen molar-refractivity contribution in [2.45, 2.75) is 77.6 Å². The van der Waals surface area contributed by atoms with Crippen molar-refractivity contribution in [3.63, 3.8) is 0 Å². The summed E-state index contributed by atoms with van der Waals surface area (Å²) in [5.74, 6) is 1.44. The molecule has 3 rings (SSSR count). The minimum atomic E-state index is -0.403. The number of unbranched alkanes of at least 4 members (excludes halogenated alkanes) is 1. The smallest absolute Gasteiger partial charge is 0.342 e. The largest absolute Gasteiger partial charge is 0.435 e. The van der Waals surface area contributed by atoms with Crippen molar-refractivity contribution in [1.29, 1.82) is 0 Å². The second kappa shape index (κ2) is 11.0. The average molecular weight is 404 g/mol. The zero-order valence-electron chi connectivity index (χ0n) is 18.3. The summed E-state index contributed by atoms with van der Waals surface area (Å²) in [6.45, 7) is 11.8. The molecule has 30 heavy (non-hydrogen) atoms. The van der Waals surface area contributed by atoms with Gasteiger partial charge in [-0.05, 0) is 80.2 Å². The van der Waals surface area contributed by atoms with E-state index in [9.17, 15) is 4.79 Å². The number of aryl methyl sites for hydroxylation is 1. The Kier molecular flexibility index (Phi) is 8.08. The third kappa shape index (κ3) is 5.72. The molecule has 2 aromatic rings. The van der Waals surface area contributed by atoms with Crippen LogP contribution in [0.3, 0.4) is 0 Å². The quantitative estimate of drug-likeness (QED) is 0.255. The van der Waals surface area contributed by atoms with Crippen LogP contribution in [0.5, 0.6) is 5.75 Å². The van der Waals surface area contributed by atoms with Crippen molar-refractivity contribution in [3.8, 4) is 5.75 Å². The Morgan fingerprint density at radius 3 is 2.40 bits per heavy atom. The Bertz CT molecular complexity index is 871. The number of benzene rings is 2. The molecule has 0 heterocycles. The molecule has 0 amide bonds. The molecule has 2 aromatic carbocycles. The molecule has 158 valence electrons. The van der Waals surface area contributed by atoms with Gasteiger partial charge in [0.2, 0.25) is 5.69 Å². The Morgan fingerprint density at radius 2 is 1.77 bits per heavy atom. The molecular weight excluding hydrogens is 370 g/mol. The highest BCUT2D eigenvalue weighted by molar-refractivity contribution is 5.91. The minimum Gasteiger partial charge on any atom is -0.435 e. The molecule has 1 aliphatic carbocycles. The first-order valence-corrected chi connectivity index (χ1v) is 11.5. The van der Waals surface area contributed by atoms with Gasteiger partial charge in [-0.2, -0.15) is 0 Å². The number of esters is 1. The average Bonchev–Trinajstić information content (AvgIpc) is 2.79. The maximum Gasteiger partial charge on any atom is 0.342 e. The molecule has 1 saturated carbocycles. The fraction of sp³-hybridized carbons (Fsp3) is 0.481. The van der Waals surface area contributed by atoms with E-state index in [1.807, 2.05) is 24.3 Å². The summed E-state index contributed by atoms with van der Waals surface area (Å²) < 4.78 is 5.56. The number of hydrogen-bond donors (Lipinski definition) is 0. The second-order valence-electron chi connectivity index (χ2n) is 8.54. The Balaban J connectivity index is 1.62. The van der Waals surface area contributed by atoms with Crippen LogP contribution in [0, 0.1) is 12.5 Å². The summed E-state index contributed by atoms with van der Waals surface area (Å²) in [5, 5.41) is 0. The Morgan fingerprint density at radius 1 is 1.03 bits per heavy atom. The molecule has 0 radical (unpaired) electrons. The van der Waals surface area contributed by atoms with Crippen LogP contribution in [0.1, 0.15) is 92.6 Å². The topological polar surface area (TPSA) is 30.7 Å². The molecule has 1 fully saturated rings. The summed E-state index contributed by atoms with van der Waals surface area (Å²) >= 11 is 0. The Hall–Kier alpha value is -2.60. The SMILES string of the molecule is [C-]#[N+]c1cc(CCCC)ccc1OC(=O)c1ccc(C2CCC(CCC)CC2)cc1. The molecular formula is C27H33NO2. The summed E-state index contributed by atoms with van der Waals surface area (Å²) in [6, 6.07) is 13.4. The molecule has 0 bridgehead atoms. The molecule has 0 aromatic heterocycles. The van der Waals surface area contributed by atoms with Crippen molar-refractivity contribution < 1.29 is 9.53 Å². The van der Waals surface area contributed by atoms with Crippen molar-refractivity contribution in [2.24, 2.45) is 5.92 Å². The molecule has 0 spiro atoms. The summed E-state index contributed by atoms with van der Waals surface area (Å²) in [7, 11) is 0. The van der Waals surface area contributed by atoms with E-state index < -0.39 is 5.97 Å². The lowest BCUT2D eigenvalue weighted by Crippen LogP contribution is -2.13. The summed E-state index contributed by atoms with van der Waals surface area (Å²) in [5.41, 5.74) is 3.37. The van der Waals surface area contributed by atoms with Gasteiger partial charge in [0.05, 0.1) is 12.1 Å². The van der Waals surface area contributed by atoms with Crippen LogP contribution in [0.4, 0.5) is 5.69 Å². The molecule has 3 nitrogen and oxygen atoms in total. The lowest BCUT2D eigenvalue weighted by atomic mass is 9.77. The van der Waals surface area contributed by atoms with Gasteiger partial charge in [-0.15, -0.1) is 0 Å². The van der Waals surface area contributed by atoms with Gasteiger partial charge in [-0.3, -0.25) is 0 Å². The van der Waals surface area contributed by atoms with Gasteiger partial charge in [0.25, 0.3) is 0 Å². The van der Waals surface area contributed by atoms with E-state index in [-0.39, 0.29) is 0 Å². The standard InChI is InChI=1S/C27H33NO2/c1-4-6-8-21-11-18-26(25(19-21)28-3)30-27(29)24-16-14-23(15-17-24)22-12-9-20(7-5-2)10-13-22/h11,14-20,22H,4-10,12-13H2,1-2H3. The van der Waals surface area contributed by atoms with Gasteiger partial charge in [-0.25, -0.2) is 9.64 Å². The van der Waals surface area contributed by atoms with Crippen molar-refractivity contribution in [3.05, 3.63) is 70.6 Å². The van der Waals surface area contributed by atoms with E-state index in [1.165, 1.54) is 44.1 Å². The number of carbonyl (C=O) groups excluding carboxylic acids is 1.